The molecule has 2 heterocycles. The molecule has 2 N–H and O–H groups in total. The van der Waals surface area contributed by atoms with Crippen LogP contribution in [0.25, 0.3) is 11.0 Å². The molecular formula is C19H25FN2O2. The van der Waals surface area contributed by atoms with Gasteiger partial charge in [0, 0.05) is 24.0 Å². The molecule has 24 heavy (non-hydrogen) atoms. The molecule has 4 nitrogen and oxygen atoms in total. The van der Waals surface area contributed by atoms with Gasteiger partial charge in [-0.2, -0.15) is 0 Å². The lowest BCUT2D eigenvalue weighted by atomic mass is 9.94. The standard InChI is InChI=1S/C19H25FN2O2/c1-12-15-9-13(20)5-6-18(15)24-19(12)10-22-16-4-2-3-14(16)17-11-23-8-7-21-17/h5-6,9,14,16-17,21-22H,2-4,7-8,10-11H2,1H3. The lowest BCUT2D eigenvalue weighted by Crippen LogP contribution is -2.50. The van der Waals surface area contributed by atoms with Crippen molar-refractivity contribution in [1.29, 1.82) is 0 Å². The SMILES string of the molecule is Cc1c(CNC2CCCC2C2COCCN2)oc2ccc(F)cc12. The first kappa shape index (κ1) is 16.1. The molecule has 3 atom stereocenters. The van der Waals surface area contributed by atoms with Crippen molar-refractivity contribution >= 4 is 11.0 Å². The van der Waals surface area contributed by atoms with Crippen LogP contribution < -0.4 is 10.6 Å². The second kappa shape index (κ2) is 6.82. The summed E-state index contributed by atoms with van der Waals surface area (Å²) in [5.41, 5.74) is 1.79. The van der Waals surface area contributed by atoms with Crippen molar-refractivity contribution in [2.75, 3.05) is 19.8 Å². The van der Waals surface area contributed by atoms with Gasteiger partial charge in [-0.05, 0) is 49.4 Å². The van der Waals surface area contributed by atoms with Crippen LogP contribution in [0, 0.1) is 18.7 Å². The minimum Gasteiger partial charge on any atom is -0.459 e. The molecule has 1 aliphatic carbocycles. The molecule has 1 saturated carbocycles. The highest BCUT2D eigenvalue weighted by atomic mass is 19.1. The summed E-state index contributed by atoms with van der Waals surface area (Å²) in [6, 6.07) is 5.64. The second-order valence-electron chi connectivity index (χ2n) is 7.01. The van der Waals surface area contributed by atoms with E-state index in [4.69, 9.17) is 9.15 Å². The number of ether oxygens (including phenoxy) is 1. The first-order valence-electron chi connectivity index (χ1n) is 8.94. The lowest BCUT2D eigenvalue weighted by Gasteiger charge is -2.32. The van der Waals surface area contributed by atoms with Crippen molar-refractivity contribution in [2.24, 2.45) is 5.92 Å². The molecule has 5 heteroatoms. The molecule has 1 aromatic heterocycles. The third-order valence-electron chi connectivity index (χ3n) is 5.56. The highest BCUT2D eigenvalue weighted by molar-refractivity contribution is 5.82. The Kier molecular flexibility index (Phi) is 4.57. The topological polar surface area (TPSA) is 46.4 Å². The molecule has 130 valence electrons. The number of morpholine rings is 1. The van der Waals surface area contributed by atoms with E-state index >= 15 is 0 Å². The molecule has 0 spiro atoms. The summed E-state index contributed by atoms with van der Waals surface area (Å²) < 4.78 is 25.0. The van der Waals surface area contributed by atoms with Gasteiger partial charge in [-0.1, -0.05) is 6.42 Å². The van der Waals surface area contributed by atoms with Crippen molar-refractivity contribution in [1.82, 2.24) is 10.6 Å². The van der Waals surface area contributed by atoms with Crippen LogP contribution in [0.4, 0.5) is 4.39 Å². The number of halogens is 1. The van der Waals surface area contributed by atoms with Crippen LogP contribution in [0.1, 0.15) is 30.6 Å². The van der Waals surface area contributed by atoms with Crippen LogP contribution in [0.3, 0.4) is 0 Å². The number of nitrogens with one attached hydrogen (secondary N) is 2. The Labute approximate surface area is 141 Å². The number of hydrogen-bond acceptors (Lipinski definition) is 4. The van der Waals surface area contributed by atoms with Gasteiger partial charge in [0.25, 0.3) is 0 Å². The monoisotopic (exact) mass is 332 g/mol. The molecule has 0 bridgehead atoms. The number of aryl methyl sites for hydroxylation is 1. The van der Waals surface area contributed by atoms with Crippen molar-refractivity contribution < 1.29 is 13.5 Å². The molecule has 2 fully saturated rings. The first-order chi connectivity index (χ1) is 11.7. The Morgan fingerprint density at radius 2 is 2.25 bits per heavy atom. The summed E-state index contributed by atoms with van der Waals surface area (Å²) in [4.78, 5) is 0. The maximum atomic E-state index is 13.4. The van der Waals surface area contributed by atoms with Gasteiger partial charge in [0.15, 0.2) is 0 Å². The molecule has 1 saturated heterocycles. The van der Waals surface area contributed by atoms with Crippen molar-refractivity contribution in [3.63, 3.8) is 0 Å². The molecule has 4 rings (SSSR count). The van der Waals surface area contributed by atoms with E-state index in [1.807, 2.05) is 6.92 Å². The number of fused-ring (bicyclic) bond motifs is 1. The van der Waals surface area contributed by atoms with Crippen LogP contribution in [0.5, 0.6) is 0 Å². The first-order valence-corrected chi connectivity index (χ1v) is 8.94. The molecule has 0 radical (unpaired) electrons. The van der Waals surface area contributed by atoms with Gasteiger partial charge in [-0.25, -0.2) is 4.39 Å². The van der Waals surface area contributed by atoms with Gasteiger partial charge in [-0.3, -0.25) is 0 Å². The molecule has 2 aromatic rings. The quantitative estimate of drug-likeness (QED) is 0.903. The summed E-state index contributed by atoms with van der Waals surface area (Å²) in [5.74, 6) is 1.30. The summed E-state index contributed by atoms with van der Waals surface area (Å²) in [5, 5.41) is 8.15. The van der Waals surface area contributed by atoms with E-state index in [1.54, 1.807) is 12.1 Å². The van der Waals surface area contributed by atoms with Gasteiger partial charge in [0.05, 0.1) is 19.8 Å². The smallest absolute Gasteiger partial charge is 0.134 e. The normalized spacial score (nSPS) is 27.8. The Hall–Kier alpha value is -1.43. The maximum Gasteiger partial charge on any atom is 0.134 e. The molecule has 1 aromatic carbocycles. The highest BCUT2D eigenvalue weighted by Gasteiger charge is 2.34. The van der Waals surface area contributed by atoms with Gasteiger partial charge in [-0.15, -0.1) is 0 Å². The third-order valence-corrected chi connectivity index (χ3v) is 5.56. The zero-order valence-corrected chi connectivity index (χ0v) is 14.1. The van der Waals surface area contributed by atoms with Crippen LogP contribution >= 0.6 is 0 Å². The van der Waals surface area contributed by atoms with Crippen molar-refractivity contribution in [2.45, 2.75) is 44.8 Å². The Morgan fingerprint density at radius 1 is 1.33 bits per heavy atom. The summed E-state index contributed by atoms with van der Waals surface area (Å²) in [7, 11) is 0. The third kappa shape index (κ3) is 3.08. The molecular weight excluding hydrogens is 307 g/mol. The predicted octanol–water partition coefficient (Wildman–Crippen LogP) is 3.13. The molecule has 1 aliphatic heterocycles. The zero-order valence-electron chi connectivity index (χ0n) is 14.1. The lowest BCUT2D eigenvalue weighted by molar-refractivity contribution is 0.0523. The Morgan fingerprint density at radius 3 is 3.08 bits per heavy atom. The number of furan rings is 1. The van der Waals surface area contributed by atoms with E-state index < -0.39 is 0 Å². The van der Waals surface area contributed by atoms with E-state index in [0.717, 1.165) is 42.1 Å². The van der Waals surface area contributed by atoms with Crippen molar-refractivity contribution in [3.05, 3.63) is 35.3 Å². The summed E-state index contributed by atoms with van der Waals surface area (Å²) in [6.07, 6.45) is 3.69. The fraction of sp³-hybridized carbons (Fsp3) is 0.579. The van der Waals surface area contributed by atoms with Crippen LogP contribution in [-0.2, 0) is 11.3 Å². The number of benzene rings is 1. The number of hydrogen-bond donors (Lipinski definition) is 2. The van der Waals surface area contributed by atoms with Gasteiger partial charge in [0.2, 0.25) is 0 Å². The average molecular weight is 332 g/mol. The average Bonchev–Trinajstić information content (AvgIpc) is 3.19. The maximum absolute atomic E-state index is 13.4. The van der Waals surface area contributed by atoms with Gasteiger partial charge >= 0.3 is 0 Å². The number of rotatable bonds is 4. The van der Waals surface area contributed by atoms with Gasteiger partial charge in [0.1, 0.15) is 17.2 Å². The minimum absolute atomic E-state index is 0.217. The van der Waals surface area contributed by atoms with Crippen molar-refractivity contribution in [3.8, 4) is 0 Å². The molecule has 0 amide bonds. The fourth-order valence-corrected chi connectivity index (χ4v) is 4.22. The van der Waals surface area contributed by atoms with E-state index in [-0.39, 0.29) is 5.82 Å². The summed E-state index contributed by atoms with van der Waals surface area (Å²) >= 11 is 0. The summed E-state index contributed by atoms with van der Waals surface area (Å²) in [6.45, 7) is 5.27. The van der Waals surface area contributed by atoms with Crippen LogP contribution in [-0.4, -0.2) is 31.8 Å². The molecule has 2 aliphatic rings. The van der Waals surface area contributed by atoms with E-state index in [9.17, 15) is 4.39 Å². The van der Waals surface area contributed by atoms with E-state index in [1.165, 1.54) is 25.3 Å². The van der Waals surface area contributed by atoms with Gasteiger partial charge < -0.3 is 19.8 Å². The second-order valence-corrected chi connectivity index (χ2v) is 7.01. The highest BCUT2D eigenvalue weighted by Crippen LogP contribution is 2.31. The zero-order chi connectivity index (χ0) is 16.5. The van der Waals surface area contributed by atoms with Crippen LogP contribution in [0.2, 0.25) is 0 Å². The van der Waals surface area contributed by atoms with Crippen LogP contribution in [0.15, 0.2) is 22.6 Å². The predicted molar refractivity (Wildman–Crippen MR) is 91.5 cm³/mol. The molecule has 3 unspecified atom stereocenters. The van der Waals surface area contributed by atoms with E-state index in [0.29, 0.717) is 24.5 Å². The minimum atomic E-state index is -0.217. The Bertz CT molecular complexity index is 709. The largest absolute Gasteiger partial charge is 0.459 e. The Balaban J connectivity index is 1.45. The van der Waals surface area contributed by atoms with E-state index in [2.05, 4.69) is 10.6 Å². The fourth-order valence-electron chi connectivity index (χ4n) is 4.22.